The molecule has 0 saturated heterocycles. The van der Waals surface area contributed by atoms with E-state index >= 15 is 0 Å². The second kappa shape index (κ2) is 25.9. The maximum Gasteiger partial charge on any atom is 0.299 e. The first-order chi connectivity index (χ1) is 21.3. The molecule has 0 spiro atoms. The molecule has 1 aromatic rings. The highest BCUT2D eigenvalue weighted by Gasteiger charge is 2.19. The van der Waals surface area contributed by atoms with E-state index in [1.807, 2.05) is 0 Å². The summed E-state index contributed by atoms with van der Waals surface area (Å²) in [5.74, 6) is -0.505. The SMILES string of the molecule is O=C(CCC(=O)NCCOCCOCCOCCNc1ccc([N+](=O)[O-])cc1[N+](=O)[O-])NCCOCCOCCOCCO. The molecule has 0 heterocycles. The summed E-state index contributed by atoms with van der Waals surface area (Å²) < 4.78 is 31.8. The molecule has 0 saturated carbocycles. The monoisotopic (exact) mass is 633 g/mol. The minimum Gasteiger partial charge on any atom is -0.394 e. The van der Waals surface area contributed by atoms with E-state index in [1.165, 1.54) is 12.1 Å². The Morgan fingerprint density at radius 1 is 0.636 bits per heavy atom. The van der Waals surface area contributed by atoms with Gasteiger partial charge < -0.3 is 49.5 Å². The van der Waals surface area contributed by atoms with Gasteiger partial charge in [-0.1, -0.05) is 0 Å². The van der Waals surface area contributed by atoms with Crippen molar-refractivity contribution in [2.24, 2.45) is 0 Å². The number of ether oxygens (including phenoxy) is 6. The molecule has 44 heavy (non-hydrogen) atoms. The van der Waals surface area contributed by atoms with E-state index in [1.54, 1.807) is 0 Å². The van der Waals surface area contributed by atoms with Gasteiger partial charge in [-0.3, -0.25) is 29.8 Å². The van der Waals surface area contributed by atoms with Crippen molar-refractivity contribution in [3.8, 4) is 0 Å². The molecule has 0 bridgehead atoms. The minimum atomic E-state index is -0.698. The van der Waals surface area contributed by atoms with Crippen molar-refractivity contribution >= 4 is 28.9 Å². The van der Waals surface area contributed by atoms with E-state index in [-0.39, 0.29) is 74.7 Å². The van der Waals surface area contributed by atoms with Crippen LogP contribution in [0.3, 0.4) is 0 Å². The van der Waals surface area contributed by atoms with Gasteiger partial charge in [-0.15, -0.1) is 0 Å². The standard InChI is InChI=1S/C26H43N5O13/c32-8-12-42-16-20-44-19-15-41-11-7-29-26(34)4-3-25(33)28-6-10-40-14-18-43-17-13-39-9-5-27-23-2-1-22(30(35)36)21-24(23)31(37)38/h1-2,21,27,32H,3-20H2,(H,28,33)(H,29,34). The number of nitrogens with one attached hydrogen (secondary N) is 3. The molecule has 0 aliphatic rings. The van der Waals surface area contributed by atoms with Crippen molar-refractivity contribution in [1.29, 1.82) is 0 Å². The van der Waals surface area contributed by atoms with Crippen LogP contribution in [0.1, 0.15) is 12.8 Å². The van der Waals surface area contributed by atoms with Gasteiger partial charge >= 0.3 is 0 Å². The number of anilines is 1. The molecule has 18 nitrogen and oxygen atoms in total. The van der Waals surface area contributed by atoms with Crippen LogP contribution in [0.15, 0.2) is 18.2 Å². The Labute approximate surface area is 254 Å². The van der Waals surface area contributed by atoms with E-state index in [0.717, 1.165) is 6.07 Å². The lowest BCUT2D eigenvalue weighted by atomic mass is 10.2. The fourth-order valence-electron chi connectivity index (χ4n) is 3.27. The van der Waals surface area contributed by atoms with Gasteiger partial charge in [-0.25, -0.2) is 0 Å². The number of nitro benzene ring substituents is 2. The Morgan fingerprint density at radius 2 is 1.07 bits per heavy atom. The molecular weight excluding hydrogens is 590 g/mol. The molecule has 250 valence electrons. The predicted molar refractivity (Wildman–Crippen MR) is 155 cm³/mol. The van der Waals surface area contributed by atoms with Gasteiger partial charge in [0.15, 0.2) is 0 Å². The quantitative estimate of drug-likeness (QED) is 0.0518. The first-order valence-electron chi connectivity index (χ1n) is 14.1. The number of amides is 2. The second-order valence-electron chi connectivity index (χ2n) is 8.74. The van der Waals surface area contributed by atoms with Crippen LogP contribution in [0.25, 0.3) is 0 Å². The second-order valence-corrected chi connectivity index (χ2v) is 8.74. The third kappa shape index (κ3) is 20.4. The Kier molecular flexibility index (Phi) is 22.7. The van der Waals surface area contributed by atoms with Crippen LogP contribution in [0.4, 0.5) is 17.1 Å². The molecule has 2 amide bonds. The molecule has 4 N–H and O–H groups in total. The molecule has 0 unspecified atom stereocenters. The molecule has 1 rings (SSSR count). The maximum absolute atomic E-state index is 11.9. The summed E-state index contributed by atoms with van der Waals surface area (Å²) in [4.78, 5) is 44.2. The van der Waals surface area contributed by atoms with Crippen LogP contribution in [0, 0.1) is 20.2 Å². The van der Waals surface area contributed by atoms with Gasteiger partial charge in [0.25, 0.3) is 11.4 Å². The van der Waals surface area contributed by atoms with Crippen LogP contribution in [-0.4, -0.2) is 132 Å². The topological polar surface area (TPSA) is 232 Å². The van der Waals surface area contributed by atoms with Crippen molar-refractivity contribution in [2.75, 3.05) is 111 Å². The van der Waals surface area contributed by atoms with Crippen molar-refractivity contribution in [1.82, 2.24) is 10.6 Å². The van der Waals surface area contributed by atoms with Crippen molar-refractivity contribution in [2.45, 2.75) is 12.8 Å². The molecule has 18 heteroatoms. The summed E-state index contributed by atoms with van der Waals surface area (Å²) in [6.07, 6.45) is 0.120. The van der Waals surface area contributed by atoms with Crippen molar-refractivity contribution in [3.63, 3.8) is 0 Å². The number of carbonyl (C=O) groups excluding carboxylic acids is 2. The highest BCUT2D eigenvalue weighted by atomic mass is 16.6. The zero-order valence-electron chi connectivity index (χ0n) is 24.7. The van der Waals surface area contributed by atoms with E-state index in [2.05, 4.69) is 16.0 Å². The molecule has 0 atom stereocenters. The zero-order valence-corrected chi connectivity index (χ0v) is 24.7. The van der Waals surface area contributed by atoms with E-state index in [0.29, 0.717) is 72.6 Å². The van der Waals surface area contributed by atoms with Gasteiger partial charge in [0.1, 0.15) is 5.69 Å². The van der Waals surface area contributed by atoms with Crippen molar-refractivity contribution < 1.29 is 53.0 Å². The summed E-state index contributed by atoms with van der Waals surface area (Å²) in [5.41, 5.74) is -0.590. The Morgan fingerprint density at radius 3 is 1.50 bits per heavy atom. The van der Waals surface area contributed by atoms with Gasteiger partial charge in [-0.2, -0.15) is 0 Å². The van der Waals surface area contributed by atoms with Gasteiger partial charge in [-0.05, 0) is 6.07 Å². The lowest BCUT2D eigenvalue weighted by Crippen LogP contribution is -2.31. The van der Waals surface area contributed by atoms with Crippen LogP contribution < -0.4 is 16.0 Å². The number of aliphatic hydroxyl groups is 1. The fraction of sp³-hybridized carbons (Fsp3) is 0.692. The van der Waals surface area contributed by atoms with Gasteiger partial charge in [0.05, 0.1) is 102 Å². The third-order valence-corrected chi connectivity index (χ3v) is 5.39. The van der Waals surface area contributed by atoms with E-state index in [9.17, 15) is 29.8 Å². The van der Waals surface area contributed by atoms with Crippen molar-refractivity contribution in [3.05, 3.63) is 38.4 Å². The van der Waals surface area contributed by atoms with Gasteiger partial charge in [0.2, 0.25) is 11.8 Å². The first kappa shape index (κ1) is 38.5. The highest BCUT2D eigenvalue weighted by Crippen LogP contribution is 2.28. The van der Waals surface area contributed by atoms with Crippen LogP contribution in [-0.2, 0) is 38.0 Å². The summed E-state index contributed by atoms with van der Waals surface area (Å²) >= 11 is 0. The number of non-ortho nitro benzene ring substituents is 1. The minimum absolute atomic E-state index is 0.0215. The molecule has 0 aliphatic carbocycles. The van der Waals surface area contributed by atoms with Crippen LogP contribution in [0.5, 0.6) is 0 Å². The number of nitrogens with zero attached hydrogens (tertiary/aromatic N) is 2. The lowest BCUT2D eigenvalue weighted by Gasteiger charge is -2.09. The molecule has 0 aromatic heterocycles. The summed E-state index contributed by atoms with van der Waals surface area (Å²) in [6, 6.07) is 3.37. The van der Waals surface area contributed by atoms with Crippen LogP contribution in [0.2, 0.25) is 0 Å². The highest BCUT2D eigenvalue weighted by molar-refractivity contribution is 5.83. The average Bonchev–Trinajstić information content (AvgIpc) is 3.00. The summed E-state index contributed by atoms with van der Waals surface area (Å²) in [7, 11) is 0. The Balaban J connectivity index is 1.89. The fourth-order valence-corrected chi connectivity index (χ4v) is 3.27. The largest absolute Gasteiger partial charge is 0.394 e. The Hall–Kier alpha value is -3.52. The maximum atomic E-state index is 11.9. The number of hydrogen-bond acceptors (Lipinski definition) is 14. The van der Waals surface area contributed by atoms with E-state index < -0.39 is 9.85 Å². The smallest absolute Gasteiger partial charge is 0.299 e. The number of aliphatic hydroxyl groups excluding tert-OH is 1. The average molecular weight is 634 g/mol. The van der Waals surface area contributed by atoms with Crippen LogP contribution >= 0.6 is 0 Å². The number of rotatable bonds is 29. The number of carbonyl (C=O) groups is 2. The number of nitro groups is 2. The van der Waals surface area contributed by atoms with E-state index in [4.69, 9.17) is 33.5 Å². The third-order valence-electron chi connectivity index (χ3n) is 5.39. The normalized spacial score (nSPS) is 10.8. The summed E-state index contributed by atoms with van der Waals surface area (Å²) in [6.45, 7) is 4.84. The zero-order chi connectivity index (χ0) is 32.3. The molecular formula is C26H43N5O13. The first-order valence-corrected chi connectivity index (χ1v) is 14.1. The van der Waals surface area contributed by atoms with Gasteiger partial charge in [0, 0.05) is 38.5 Å². The molecule has 0 aliphatic heterocycles. The number of hydrogen-bond donors (Lipinski definition) is 4. The lowest BCUT2D eigenvalue weighted by molar-refractivity contribution is -0.393. The Bertz CT molecular complexity index is 970. The molecule has 0 fully saturated rings. The molecule has 0 radical (unpaired) electrons. The summed E-state index contributed by atoms with van der Waals surface area (Å²) in [5, 5.41) is 38.6. The predicted octanol–water partition coefficient (Wildman–Crippen LogP) is 0.0194. The number of benzene rings is 1. The molecule has 1 aromatic carbocycles.